The molecule has 2 heterocycles. The second-order valence-corrected chi connectivity index (χ2v) is 10.3. The summed E-state index contributed by atoms with van der Waals surface area (Å²) in [5, 5.41) is 11.6. The minimum absolute atomic E-state index is 0.00946. The van der Waals surface area contributed by atoms with Crippen LogP contribution < -0.4 is 5.32 Å². The molecular formula is C32H24F5N3O4. The van der Waals surface area contributed by atoms with Crippen LogP contribution in [0.3, 0.4) is 0 Å². The molecule has 0 aliphatic carbocycles. The van der Waals surface area contributed by atoms with E-state index in [1.165, 1.54) is 18.2 Å². The minimum atomic E-state index is -2.36. The standard InChI is InChI=1S/C32H24F5N3O4/c33-26-25(27(34)29(36)30(37)28(26)35)31(42)39-20-5-3-4-19(12-20)32-43-21(14-40-16-38-22-6-1-2-7-23(22)40)13-24(44-32)18-10-8-17(15-41)9-11-18/h1-12,16,21,24,32,41H,13-15H2,(H,39,42)/t21-,24+,32+/m0/s1. The maximum atomic E-state index is 14.2. The summed E-state index contributed by atoms with van der Waals surface area (Å²) in [5.41, 5.74) is 2.15. The van der Waals surface area contributed by atoms with Gasteiger partial charge in [0.2, 0.25) is 5.82 Å². The fourth-order valence-electron chi connectivity index (χ4n) is 5.17. The van der Waals surface area contributed by atoms with E-state index in [9.17, 15) is 31.9 Å². The third-order valence-corrected chi connectivity index (χ3v) is 7.40. The molecule has 0 unspecified atom stereocenters. The van der Waals surface area contributed by atoms with E-state index in [0.717, 1.165) is 22.2 Å². The average molecular weight is 610 g/mol. The summed E-state index contributed by atoms with van der Waals surface area (Å²) in [6, 6.07) is 20.9. The van der Waals surface area contributed by atoms with Crippen molar-refractivity contribution in [2.45, 2.75) is 38.1 Å². The molecule has 0 radical (unpaired) electrons. The van der Waals surface area contributed by atoms with Crippen LogP contribution in [0.25, 0.3) is 11.0 Å². The van der Waals surface area contributed by atoms with Crippen LogP contribution in [-0.4, -0.2) is 26.7 Å². The van der Waals surface area contributed by atoms with Gasteiger partial charge >= 0.3 is 0 Å². The number of ether oxygens (including phenoxy) is 2. The Morgan fingerprint density at radius 3 is 2.30 bits per heavy atom. The number of fused-ring (bicyclic) bond motifs is 1. The number of para-hydroxylation sites is 2. The first-order chi connectivity index (χ1) is 21.2. The van der Waals surface area contributed by atoms with Crippen LogP contribution in [-0.2, 0) is 22.6 Å². The van der Waals surface area contributed by atoms with Crippen LogP contribution in [0.5, 0.6) is 0 Å². The highest BCUT2D eigenvalue weighted by atomic mass is 19.2. The number of aliphatic hydroxyl groups excluding tert-OH is 1. The molecule has 0 spiro atoms. The Morgan fingerprint density at radius 2 is 1.57 bits per heavy atom. The van der Waals surface area contributed by atoms with Crippen molar-refractivity contribution in [3.63, 3.8) is 0 Å². The molecule has 3 atom stereocenters. The Bertz CT molecular complexity index is 1820. The number of amides is 1. The van der Waals surface area contributed by atoms with Gasteiger partial charge in [-0.2, -0.15) is 0 Å². The highest BCUT2D eigenvalue weighted by Crippen LogP contribution is 2.39. The predicted molar refractivity (Wildman–Crippen MR) is 149 cm³/mol. The molecule has 1 amide bonds. The van der Waals surface area contributed by atoms with E-state index >= 15 is 0 Å². The van der Waals surface area contributed by atoms with E-state index in [2.05, 4.69) is 10.3 Å². The zero-order valence-corrected chi connectivity index (χ0v) is 22.8. The normalized spacial score (nSPS) is 18.5. The lowest BCUT2D eigenvalue weighted by atomic mass is 10.00. The molecule has 1 aliphatic heterocycles. The van der Waals surface area contributed by atoms with Gasteiger partial charge in [0.25, 0.3) is 5.91 Å². The molecule has 0 saturated carbocycles. The quantitative estimate of drug-likeness (QED) is 0.122. The molecule has 1 aliphatic rings. The van der Waals surface area contributed by atoms with Crippen LogP contribution in [0, 0.1) is 29.1 Å². The SMILES string of the molecule is O=C(Nc1cccc([C@@H]2O[C@H](Cn3cnc4ccccc43)C[C@H](c3ccc(CO)cc3)O2)c1)c1c(F)c(F)c(F)c(F)c1F. The molecule has 7 nitrogen and oxygen atoms in total. The number of halogens is 5. The topological polar surface area (TPSA) is 85.6 Å². The van der Waals surface area contributed by atoms with Crippen LogP contribution >= 0.6 is 0 Å². The molecule has 4 aromatic carbocycles. The maximum absolute atomic E-state index is 14.2. The number of hydrogen-bond acceptors (Lipinski definition) is 5. The van der Waals surface area contributed by atoms with Gasteiger partial charge in [-0.05, 0) is 35.4 Å². The molecule has 6 rings (SSSR count). The smallest absolute Gasteiger partial charge is 0.261 e. The first kappa shape index (κ1) is 29.4. The van der Waals surface area contributed by atoms with Crippen molar-refractivity contribution in [3.05, 3.63) is 130 Å². The van der Waals surface area contributed by atoms with Crippen molar-refractivity contribution in [3.8, 4) is 0 Å². The summed E-state index contributed by atoms with van der Waals surface area (Å²) in [4.78, 5) is 17.1. The molecule has 226 valence electrons. The third kappa shape index (κ3) is 5.66. The second-order valence-electron chi connectivity index (χ2n) is 10.3. The van der Waals surface area contributed by atoms with Crippen molar-refractivity contribution in [2.75, 3.05) is 5.32 Å². The number of rotatable bonds is 7. The van der Waals surface area contributed by atoms with Gasteiger partial charge in [0.05, 0.1) is 42.7 Å². The Labute approximate surface area is 247 Å². The second kappa shape index (κ2) is 12.2. The third-order valence-electron chi connectivity index (χ3n) is 7.40. The summed E-state index contributed by atoms with van der Waals surface area (Å²) in [7, 11) is 0. The Hall–Kier alpha value is -4.65. The zero-order valence-electron chi connectivity index (χ0n) is 22.8. The van der Waals surface area contributed by atoms with Gasteiger partial charge < -0.3 is 24.5 Å². The highest BCUT2D eigenvalue weighted by Gasteiger charge is 2.33. The minimum Gasteiger partial charge on any atom is -0.392 e. The molecule has 2 N–H and O–H groups in total. The molecule has 1 fully saturated rings. The van der Waals surface area contributed by atoms with E-state index in [1.54, 1.807) is 24.5 Å². The fourth-order valence-corrected chi connectivity index (χ4v) is 5.17. The van der Waals surface area contributed by atoms with Crippen molar-refractivity contribution in [1.82, 2.24) is 9.55 Å². The number of aromatic nitrogens is 2. The van der Waals surface area contributed by atoms with Gasteiger partial charge in [0.1, 0.15) is 5.56 Å². The number of hydrogen-bond donors (Lipinski definition) is 2. The van der Waals surface area contributed by atoms with E-state index < -0.39 is 53.0 Å². The number of nitrogens with zero attached hydrogens (tertiary/aromatic N) is 2. The lowest BCUT2D eigenvalue weighted by Crippen LogP contribution is -2.32. The van der Waals surface area contributed by atoms with Crippen molar-refractivity contribution < 1.29 is 41.3 Å². The summed E-state index contributed by atoms with van der Waals surface area (Å²) in [6.07, 6.45) is 0.419. The van der Waals surface area contributed by atoms with E-state index in [0.29, 0.717) is 18.5 Å². The first-order valence-corrected chi connectivity index (χ1v) is 13.6. The highest BCUT2D eigenvalue weighted by molar-refractivity contribution is 6.04. The van der Waals surface area contributed by atoms with Crippen LogP contribution in [0.4, 0.5) is 27.6 Å². The van der Waals surface area contributed by atoms with Gasteiger partial charge in [-0.3, -0.25) is 4.79 Å². The van der Waals surface area contributed by atoms with E-state index in [1.807, 2.05) is 41.0 Å². The Morgan fingerprint density at radius 1 is 0.864 bits per heavy atom. The summed E-state index contributed by atoms with van der Waals surface area (Å²) in [6.45, 7) is 0.319. The molecule has 12 heteroatoms. The van der Waals surface area contributed by atoms with Crippen molar-refractivity contribution >= 4 is 22.6 Å². The Kier molecular flexibility index (Phi) is 8.13. The van der Waals surface area contributed by atoms with Crippen LogP contribution in [0.2, 0.25) is 0 Å². The number of carbonyl (C=O) groups is 1. The number of anilines is 1. The zero-order chi connectivity index (χ0) is 31.0. The molecule has 5 aromatic rings. The number of aliphatic hydroxyl groups is 1. The molecule has 1 saturated heterocycles. The molecular weight excluding hydrogens is 585 g/mol. The fraction of sp³-hybridized carbons (Fsp3) is 0.188. The van der Waals surface area contributed by atoms with Crippen molar-refractivity contribution in [1.29, 1.82) is 0 Å². The number of nitrogens with one attached hydrogen (secondary N) is 1. The van der Waals surface area contributed by atoms with Gasteiger partial charge in [0.15, 0.2) is 29.6 Å². The Balaban J connectivity index is 1.28. The summed E-state index contributed by atoms with van der Waals surface area (Å²) >= 11 is 0. The lowest BCUT2D eigenvalue weighted by molar-refractivity contribution is -0.252. The van der Waals surface area contributed by atoms with Gasteiger partial charge in [-0.15, -0.1) is 0 Å². The molecule has 0 bridgehead atoms. The molecule has 44 heavy (non-hydrogen) atoms. The van der Waals surface area contributed by atoms with Crippen LogP contribution in [0.1, 0.15) is 45.9 Å². The first-order valence-electron chi connectivity index (χ1n) is 13.6. The van der Waals surface area contributed by atoms with E-state index in [-0.39, 0.29) is 18.4 Å². The van der Waals surface area contributed by atoms with E-state index in [4.69, 9.17) is 9.47 Å². The van der Waals surface area contributed by atoms with Gasteiger partial charge in [-0.25, -0.2) is 26.9 Å². The molecule has 1 aromatic heterocycles. The predicted octanol–water partition coefficient (Wildman–Crippen LogP) is 6.72. The summed E-state index contributed by atoms with van der Waals surface area (Å²) < 4.78 is 83.9. The number of benzene rings is 4. The van der Waals surface area contributed by atoms with Gasteiger partial charge in [0, 0.05) is 17.7 Å². The maximum Gasteiger partial charge on any atom is 0.261 e. The number of carbonyl (C=O) groups excluding carboxylic acids is 1. The van der Waals surface area contributed by atoms with Crippen molar-refractivity contribution in [2.24, 2.45) is 0 Å². The van der Waals surface area contributed by atoms with Crippen LogP contribution in [0.15, 0.2) is 79.1 Å². The lowest BCUT2D eigenvalue weighted by Gasteiger charge is -2.36. The largest absolute Gasteiger partial charge is 0.392 e. The average Bonchev–Trinajstić information content (AvgIpc) is 3.45. The summed E-state index contributed by atoms with van der Waals surface area (Å²) in [5.74, 6) is -12.8. The monoisotopic (exact) mass is 609 g/mol. The number of imidazole rings is 1. The van der Waals surface area contributed by atoms with Gasteiger partial charge in [-0.1, -0.05) is 48.5 Å².